The highest BCUT2D eigenvalue weighted by molar-refractivity contribution is 9.10. The van der Waals surface area contributed by atoms with Crippen LogP contribution in [0.4, 0.5) is 0 Å². The molecule has 1 heterocycles. The Bertz CT molecular complexity index is 415. The minimum atomic E-state index is 0.0698. The van der Waals surface area contributed by atoms with Crippen LogP contribution in [0.5, 0.6) is 0 Å². The van der Waals surface area contributed by atoms with Crippen LogP contribution in [0.15, 0.2) is 4.47 Å². The van der Waals surface area contributed by atoms with Gasteiger partial charge in [0.15, 0.2) is 0 Å². The summed E-state index contributed by atoms with van der Waals surface area (Å²) in [6.07, 6.45) is 3.08. The fraction of sp³-hybridized carbons (Fsp3) is 0.692. The lowest BCUT2D eigenvalue weighted by Crippen LogP contribution is -2.17. The summed E-state index contributed by atoms with van der Waals surface area (Å²) in [4.78, 5) is 12.1. The first kappa shape index (κ1) is 15.4. The van der Waals surface area contributed by atoms with Crippen LogP contribution in [0.25, 0.3) is 0 Å². The van der Waals surface area contributed by atoms with Crippen molar-refractivity contribution >= 4 is 21.7 Å². The van der Waals surface area contributed by atoms with Crippen LogP contribution in [0.2, 0.25) is 0 Å². The van der Waals surface area contributed by atoms with Crippen molar-refractivity contribution in [2.75, 3.05) is 6.54 Å². The van der Waals surface area contributed by atoms with E-state index in [0.29, 0.717) is 13.0 Å². The molecule has 0 amide bonds. The molecule has 0 aromatic carbocycles. The number of hydrogen-bond acceptors (Lipinski definition) is 3. The third-order valence-electron chi connectivity index (χ3n) is 3.24. The van der Waals surface area contributed by atoms with E-state index in [9.17, 15) is 4.79 Å². The molecule has 2 N–H and O–H groups in total. The van der Waals surface area contributed by atoms with Gasteiger partial charge >= 0.3 is 0 Å². The molecule has 0 spiro atoms. The highest BCUT2D eigenvalue weighted by Crippen LogP contribution is 2.23. The molecular weight excluding hydrogens is 294 g/mol. The molecule has 0 fully saturated rings. The van der Waals surface area contributed by atoms with E-state index in [1.807, 2.05) is 14.0 Å². The topological polar surface area (TPSA) is 60.9 Å². The summed E-state index contributed by atoms with van der Waals surface area (Å²) in [5, 5.41) is 4.40. The van der Waals surface area contributed by atoms with Crippen LogP contribution < -0.4 is 5.73 Å². The van der Waals surface area contributed by atoms with Gasteiger partial charge in [0.1, 0.15) is 5.78 Å². The van der Waals surface area contributed by atoms with Gasteiger partial charge in [-0.2, -0.15) is 5.10 Å². The molecule has 0 radical (unpaired) electrons. The van der Waals surface area contributed by atoms with Crippen molar-refractivity contribution in [1.82, 2.24) is 9.78 Å². The summed E-state index contributed by atoms with van der Waals surface area (Å²) in [5.74, 6) is 0.329. The minimum Gasteiger partial charge on any atom is -0.330 e. The molecule has 1 aromatic heterocycles. The predicted octanol–water partition coefficient (Wildman–Crippen LogP) is 2.23. The van der Waals surface area contributed by atoms with Gasteiger partial charge in [0.25, 0.3) is 0 Å². The molecule has 4 nitrogen and oxygen atoms in total. The molecule has 0 saturated carbocycles. The van der Waals surface area contributed by atoms with E-state index in [-0.39, 0.29) is 11.7 Å². The molecule has 102 valence electrons. The van der Waals surface area contributed by atoms with Crippen molar-refractivity contribution in [3.05, 3.63) is 15.9 Å². The first-order chi connectivity index (χ1) is 8.51. The number of carbonyl (C=O) groups is 1. The number of ketones is 1. The summed E-state index contributed by atoms with van der Waals surface area (Å²) in [7, 11) is 1.89. The molecule has 0 bridgehead atoms. The molecule has 1 rings (SSSR count). The number of aryl methyl sites for hydroxylation is 2. The van der Waals surface area contributed by atoms with Crippen LogP contribution in [0, 0.1) is 5.92 Å². The Morgan fingerprint density at radius 2 is 2.22 bits per heavy atom. The van der Waals surface area contributed by atoms with Crippen molar-refractivity contribution in [2.24, 2.45) is 18.7 Å². The highest BCUT2D eigenvalue weighted by Gasteiger charge is 2.19. The van der Waals surface area contributed by atoms with Crippen molar-refractivity contribution < 1.29 is 4.79 Å². The molecular formula is C13H22BrN3O. The summed E-state index contributed by atoms with van der Waals surface area (Å²) in [6, 6.07) is 0. The zero-order valence-electron chi connectivity index (χ0n) is 11.4. The number of nitrogens with zero attached hydrogens (tertiary/aromatic N) is 2. The number of Topliss-reactive ketones (excluding diaryl/α,β-unsaturated/α-hetero) is 1. The number of nitrogens with two attached hydrogens (primary N) is 1. The maximum absolute atomic E-state index is 12.1. The SMILES string of the molecule is CCc1nn(C)c(CC(=O)C(C)CCCN)c1Br. The van der Waals surface area contributed by atoms with Gasteiger partial charge in [0.05, 0.1) is 15.9 Å². The third-order valence-corrected chi connectivity index (χ3v) is 4.15. The molecule has 1 atom stereocenters. The number of hydrogen-bond donors (Lipinski definition) is 1. The van der Waals surface area contributed by atoms with Crippen molar-refractivity contribution in [1.29, 1.82) is 0 Å². The van der Waals surface area contributed by atoms with Crippen LogP contribution in [0.3, 0.4) is 0 Å². The Labute approximate surface area is 117 Å². The Morgan fingerprint density at radius 3 is 2.72 bits per heavy atom. The zero-order valence-corrected chi connectivity index (χ0v) is 13.0. The van der Waals surface area contributed by atoms with Crippen molar-refractivity contribution in [2.45, 2.75) is 39.5 Å². The first-order valence-electron chi connectivity index (χ1n) is 6.44. The lowest BCUT2D eigenvalue weighted by Gasteiger charge is -2.10. The minimum absolute atomic E-state index is 0.0698. The van der Waals surface area contributed by atoms with Gasteiger partial charge in [-0.25, -0.2) is 0 Å². The molecule has 5 heteroatoms. The largest absolute Gasteiger partial charge is 0.330 e. The summed E-state index contributed by atoms with van der Waals surface area (Å²) < 4.78 is 2.78. The number of aromatic nitrogens is 2. The second kappa shape index (κ2) is 7.04. The molecule has 0 aliphatic rings. The quantitative estimate of drug-likeness (QED) is 0.839. The third kappa shape index (κ3) is 3.65. The van der Waals surface area contributed by atoms with E-state index in [0.717, 1.165) is 35.1 Å². The zero-order chi connectivity index (χ0) is 13.7. The van der Waals surface area contributed by atoms with Crippen molar-refractivity contribution in [3.8, 4) is 0 Å². The second-order valence-electron chi connectivity index (χ2n) is 4.66. The standard InChI is InChI=1S/C13H22BrN3O/c1-4-10-13(14)11(17(3)16-10)8-12(18)9(2)6-5-7-15/h9H,4-8,15H2,1-3H3. The fourth-order valence-electron chi connectivity index (χ4n) is 1.94. The Hall–Kier alpha value is -0.680. The number of carbonyl (C=O) groups excluding carboxylic acids is 1. The van der Waals surface area contributed by atoms with E-state index in [1.165, 1.54) is 0 Å². The van der Waals surface area contributed by atoms with Crippen LogP contribution in [-0.2, 0) is 24.7 Å². The number of halogens is 1. The van der Waals surface area contributed by atoms with Crippen LogP contribution >= 0.6 is 15.9 Å². The maximum atomic E-state index is 12.1. The van der Waals surface area contributed by atoms with E-state index >= 15 is 0 Å². The fourth-order valence-corrected chi connectivity index (χ4v) is 2.69. The lowest BCUT2D eigenvalue weighted by atomic mass is 9.97. The summed E-state index contributed by atoms with van der Waals surface area (Å²) in [5.41, 5.74) is 7.44. The summed E-state index contributed by atoms with van der Waals surface area (Å²) >= 11 is 3.54. The van der Waals surface area contributed by atoms with Gasteiger partial charge in [-0.1, -0.05) is 13.8 Å². The van der Waals surface area contributed by atoms with Gasteiger partial charge in [-0.05, 0) is 41.7 Å². The Kier molecular flexibility index (Phi) is 6.02. The molecule has 0 saturated heterocycles. The molecule has 1 aromatic rings. The normalized spacial score (nSPS) is 12.7. The lowest BCUT2D eigenvalue weighted by molar-refractivity contribution is -0.122. The first-order valence-corrected chi connectivity index (χ1v) is 7.23. The van der Waals surface area contributed by atoms with Crippen LogP contribution in [0.1, 0.15) is 38.1 Å². The summed E-state index contributed by atoms with van der Waals surface area (Å²) in [6.45, 7) is 4.68. The Morgan fingerprint density at radius 1 is 1.56 bits per heavy atom. The Balaban J connectivity index is 2.72. The highest BCUT2D eigenvalue weighted by atomic mass is 79.9. The molecule has 0 aliphatic carbocycles. The van der Waals surface area contributed by atoms with Gasteiger partial charge in [-0.15, -0.1) is 0 Å². The van der Waals surface area contributed by atoms with Crippen molar-refractivity contribution in [3.63, 3.8) is 0 Å². The maximum Gasteiger partial charge on any atom is 0.141 e. The van der Waals surface area contributed by atoms with E-state index in [4.69, 9.17) is 5.73 Å². The second-order valence-corrected chi connectivity index (χ2v) is 5.45. The van der Waals surface area contributed by atoms with E-state index in [2.05, 4.69) is 28.0 Å². The molecule has 1 unspecified atom stereocenters. The molecule has 18 heavy (non-hydrogen) atoms. The van der Waals surface area contributed by atoms with Crippen LogP contribution in [-0.4, -0.2) is 22.1 Å². The smallest absolute Gasteiger partial charge is 0.141 e. The average Bonchev–Trinajstić information content (AvgIpc) is 2.63. The van der Waals surface area contributed by atoms with Gasteiger partial charge in [0.2, 0.25) is 0 Å². The van der Waals surface area contributed by atoms with Gasteiger partial charge < -0.3 is 5.73 Å². The van der Waals surface area contributed by atoms with E-state index < -0.39 is 0 Å². The van der Waals surface area contributed by atoms with E-state index in [1.54, 1.807) is 4.68 Å². The molecule has 0 aliphatic heterocycles. The number of rotatable bonds is 7. The monoisotopic (exact) mass is 315 g/mol. The van der Waals surface area contributed by atoms with Gasteiger partial charge in [-0.3, -0.25) is 9.48 Å². The predicted molar refractivity (Wildman–Crippen MR) is 76.4 cm³/mol. The average molecular weight is 316 g/mol. The van der Waals surface area contributed by atoms with Gasteiger partial charge in [0, 0.05) is 19.4 Å².